The third kappa shape index (κ3) is 6.85. The molecule has 0 radical (unpaired) electrons. The Bertz CT molecular complexity index is 2080. The van der Waals surface area contributed by atoms with Gasteiger partial charge in [-0.1, -0.05) is 35.6 Å². The van der Waals surface area contributed by atoms with Gasteiger partial charge in [0.25, 0.3) is 5.56 Å². The maximum Gasteiger partial charge on any atom is 0.338 e. The first-order valence-electron chi connectivity index (χ1n) is 15.5. The third-order valence-corrected chi connectivity index (χ3v) is 8.87. The van der Waals surface area contributed by atoms with Crippen LogP contribution in [0.3, 0.4) is 0 Å². The van der Waals surface area contributed by atoms with Crippen molar-refractivity contribution in [2.45, 2.75) is 26.5 Å². The summed E-state index contributed by atoms with van der Waals surface area (Å²) in [5.41, 5.74) is 2.49. The summed E-state index contributed by atoms with van der Waals surface area (Å²) in [6, 6.07) is 15.5. The number of benzene rings is 3. The summed E-state index contributed by atoms with van der Waals surface area (Å²) in [7, 11) is 4.62. The van der Waals surface area contributed by atoms with Crippen LogP contribution in [0.15, 0.2) is 75.7 Å². The molecule has 0 saturated carbocycles. The minimum Gasteiger partial charge on any atom is -0.493 e. The fourth-order valence-corrected chi connectivity index (χ4v) is 6.66. The van der Waals surface area contributed by atoms with Crippen LogP contribution in [0, 0.1) is 0 Å². The van der Waals surface area contributed by atoms with Gasteiger partial charge < -0.3 is 37.9 Å². The third-order valence-electron chi connectivity index (χ3n) is 7.89. The second-order valence-corrected chi connectivity index (χ2v) is 11.9. The van der Waals surface area contributed by atoms with Crippen molar-refractivity contribution in [1.82, 2.24) is 4.57 Å². The van der Waals surface area contributed by atoms with Gasteiger partial charge in [-0.3, -0.25) is 9.36 Å². The lowest BCUT2D eigenvalue weighted by Gasteiger charge is -2.27. The van der Waals surface area contributed by atoms with Crippen molar-refractivity contribution in [3.63, 3.8) is 0 Å². The van der Waals surface area contributed by atoms with Crippen molar-refractivity contribution in [3.8, 4) is 34.5 Å². The molecule has 2 aliphatic rings. The number of hydrogen-bond acceptors (Lipinski definition) is 12. The number of nitrogens with zero attached hydrogens (tertiary/aromatic N) is 2. The molecule has 12 nitrogen and oxygen atoms in total. The molecule has 0 bridgehead atoms. The Hall–Kier alpha value is -5.27. The molecule has 0 unspecified atom stereocenters. The zero-order valence-electron chi connectivity index (χ0n) is 27.8. The second kappa shape index (κ2) is 14.9. The highest BCUT2D eigenvalue weighted by Gasteiger charge is 2.36. The van der Waals surface area contributed by atoms with E-state index < -0.39 is 12.0 Å². The van der Waals surface area contributed by atoms with Crippen LogP contribution in [0.25, 0.3) is 6.08 Å². The smallest absolute Gasteiger partial charge is 0.338 e. The summed E-state index contributed by atoms with van der Waals surface area (Å²) < 4.78 is 46.7. The van der Waals surface area contributed by atoms with E-state index in [0.717, 1.165) is 5.56 Å². The number of aromatic nitrogens is 1. The molecule has 0 spiro atoms. The number of thiazole rings is 1. The number of allylic oxidation sites excluding steroid dienone is 1. The molecule has 256 valence electrons. The quantitative estimate of drug-likeness (QED) is 0.150. The molecule has 13 heteroatoms. The number of hydrogen-bond donors (Lipinski definition) is 0. The predicted octanol–water partition coefficient (Wildman–Crippen LogP) is 4.15. The van der Waals surface area contributed by atoms with Crippen molar-refractivity contribution in [2.24, 2.45) is 4.99 Å². The standard InChI is InChI=1S/C36H36N2O10S/c1-6-44-33-24(8-7-9-27(33)42-4)32-31(35(40)45-15-14-41-3)21(2)37-36-38(32)34(39)30(49-36)18-22-10-12-25(28(16-22)43-5)46-19-23-11-13-26-29(17-23)48-20-47-26/h7-13,16-18,32H,6,14-15,19-20H2,1-5H3/b30-18+/t32-/m0/s1. The van der Waals surface area contributed by atoms with Crippen LogP contribution >= 0.6 is 11.3 Å². The number of carbonyl (C=O) groups is 1. The average Bonchev–Trinajstić information content (AvgIpc) is 3.70. The van der Waals surface area contributed by atoms with Crippen molar-refractivity contribution in [2.75, 3.05) is 47.9 Å². The number of rotatable bonds is 13. The minimum atomic E-state index is -0.897. The van der Waals surface area contributed by atoms with E-state index in [9.17, 15) is 9.59 Å². The Balaban J connectivity index is 1.38. The topological polar surface area (TPSA) is 125 Å². The van der Waals surface area contributed by atoms with Crippen molar-refractivity contribution >= 4 is 23.4 Å². The fourth-order valence-electron chi connectivity index (χ4n) is 5.62. The number of carbonyl (C=O) groups excluding carboxylic acids is 1. The lowest BCUT2D eigenvalue weighted by molar-refractivity contribution is -0.140. The van der Waals surface area contributed by atoms with Crippen LogP contribution in [-0.4, -0.2) is 58.5 Å². The molecule has 0 fully saturated rings. The zero-order valence-corrected chi connectivity index (χ0v) is 28.6. The Labute approximate surface area is 286 Å². The normalized spacial score (nSPS) is 15.0. The molecule has 0 aliphatic carbocycles. The minimum absolute atomic E-state index is 0.0396. The molecule has 2 aliphatic heterocycles. The molecule has 0 saturated heterocycles. The molecule has 4 aromatic rings. The first-order valence-corrected chi connectivity index (χ1v) is 16.4. The van der Waals surface area contributed by atoms with Gasteiger partial charge in [-0.25, -0.2) is 9.79 Å². The molecule has 1 atom stereocenters. The van der Waals surface area contributed by atoms with Gasteiger partial charge >= 0.3 is 5.97 Å². The number of esters is 1. The Morgan fingerprint density at radius 3 is 2.57 bits per heavy atom. The van der Waals surface area contributed by atoms with Gasteiger partial charge in [-0.15, -0.1) is 0 Å². The first-order chi connectivity index (χ1) is 23.9. The number of fused-ring (bicyclic) bond motifs is 2. The maximum atomic E-state index is 14.3. The molecular formula is C36H36N2O10S. The highest BCUT2D eigenvalue weighted by atomic mass is 32.1. The second-order valence-electron chi connectivity index (χ2n) is 10.9. The van der Waals surface area contributed by atoms with E-state index in [1.807, 2.05) is 37.3 Å². The van der Waals surface area contributed by atoms with Crippen LogP contribution in [0.5, 0.6) is 34.5 Å². The molecule has 0 amide bonds. The van der Waals surface area contributed by atoms with Gasteiger partial charge in [0.15, 0.2) is 39.3 Å². The summed E-state index contributed by atoms with van der Waals surface area (Å²) in [5.74, 6) is 2.69. The van der Waals surface area contributed by atoms with E-state index in [-0.39, 0.29) is 37.7 Å². The fraction of sp³-hybridized carbons (Fsp3) is 0.306. The Kier molecular flexibility index (Phi) is 10.2. The van der Waals surface area contributed by atoms with E-state index in [2.05, 4.69) is 0 Å². The highest BCUT2D eigenvalue weighted by Crippen LogP contribution is 2.41. The Morgan fingerprint density at radius 2 is 1.80 bits per heavy atom. The molecule has 0 N–H and O–H groups in total. The largest absolute Gasteiger partial charge is 0.493 e. The molecule has 6 rings (SSSR count). The van der Waals surface area contributed by atoms with E-state index in [1.165, 1.54) is 30.1 Å². The van der Waals surface area contributed by atoms with E-state index in [4.69, 9.17) is 42.9 Å². The lowest BCUT2D eigenvalue weighted by Crippen LogP contribution is -2.40. The monoisotopic (exact) mass is 688 g/mol. The SMILES string of the molecule is CCOc1c(OC)cccc1[C@H]1C(C(=O)OCCOC)=C(C)N=c2s/c(=C/c3ccc(OCc4ccc5c(c4)OCO5)c(OC)c3)c(=O)n21. The van der Waals surface area contributed by atoms with E-state index in [0.29, 0.717) is 67.3 Å². The van der Waals surface area contributed by atoms with Crippen LogP contribution in [-0.2, 0) is 20.9 Å². The zero-order chi connectivity index (χ0) is 34.5. The van der Waals surface area contributed by atoms with Gasteiger partial charge in [0.2, 0.25) is 6.79 Å². The van der Waals surface area contributed by atoms with Gasteiger partial charge in [-0.05, 0) is 61.4 Å². The molecule has 49 heavy (non-hydrogen) atoms. The van der Waals surface area contributed by atoms with Crippen LogP contribution in [0.1, 0.15) is 36.6 Å². The predicted molar refractivity (Wildman–Crippen MR) is 181 cm³/mol. The van der Waals surface area contributed by atoms with Crippen LogP contribution < -0.4 is 43.3 Å². The van der Waals surface area contributed by atoms with Gasteiger partial charge in [-0.2, -0.15) is 0 Å². The molecule has 3 heterocycles. The number of para-hydroxylation sites is 1. The first kappa shape index (κ1) is 33.6. The summed E-state index contributed by atoms with van der Waals surface area (Å²) >= 11 is 1.21. The molecular weight excluding hydrogens is 652 g/mol. The molecule has 3 aromatic carbocycles. The summed E-state index contributed by atoms with van der Waals surface area (Å²) in [5, 5.41) is 0. The van der Waals surface area contributed by atoms with Gasteiger partial charge in [0, 0.05) is 12.7 Å². The van der Waals surface area contributed by atoms with Crippen molar-refractivity contribution in [1.29, 1.82) is 0 Å². The van der Waals surface area contributed by atoms with Crippen LogP contribution in [0.4, 0.5) is 0 Å². The van der Waals surface area contributed by atoms with E-state index >= 15 is 0 Å². The summed E-state index contributed by atoms with van der Waals surface area (Å²) in [6.45, 7) is 4.66. The number of methoxy groups -OCH3 is 3. The molecule has 1 aromatic heterocycles. The highest BCUT2D eigenvalue weighted by molar-refractivity contribution is 7.07. The average molecular weight is 689 g/mol. The maximum absolute atomic E-state index is 14.3. The number of ether oxygens (including phenoxy) is 8. The summed E-state index contributed by atoms with van der Waals surface area (Å²) in [4.78, 5) is 33.0. The lowest BCUT2D eigenvalue weighted by atomic mass is 9.94. The Morgan fingerprint density at radius 1 is 0.980 bits per heavy atom. The van der Waals surface area contributed by atoms with E-state index in [1.54, 1.807) is 44.4 Å². The van der Waals surface area contributed by atoms with Crippen LogP contribution in [0.2, 0.25) is 0 Å². The summed E-state index contributed by atoms with van der Waals surface area (Å²) in [6.07, 6.45) is 1.76. The van der Waals surface area contributed by atoms with Gasteiger partial charge in [0.1, 0.15) is 19.3 Å². The van der Waals surface area contributed by atoms with Crippen molar-refractivity contribution < 1.29 is 42.7 Å². The van der Waals surface area contributed by atoms with Crippen molar-refractivity contribution in [3.05, 3.63) is 102 Å². The van der Waals surface area contributed by atoms with Gasteiger partial charge in [0.05, 0.1) is 43.2 Å².